The number of terminal acetylenes is 1. The average Bonchev–Trinajstić information content (AvgIpc) is 2.99. The molecule has 0 saturated heterocycles. The van der Waals surface area contributed by atoms with Crippen molar-refractivity contribution in [2.24, 2.45) is 14.1 Å². The van der Waals surface area contributed by atoms with Gasteiger partial charge >= 0.3 is 11.9 Å². The highest BCUT2D eigenvalue weighted by molar-refractivity contribution is 14.1. The zero-order valence-electron chi connectivity index (χ0n) is 24.7. The van der Waals surface area contributed by atoms with Crippen molar-refractivity contribution in [1.82, 2.24) is 9.13 Å². The SMILES string of the molecule is C#Cc1ccc(Nc2cc(=O)n(C)cc2C(=O)OCC)c(F)c1.CCOC(=O)c1cn(C)c(=O)cc1Nc1ccc(I)cc1F. The fourth-order valence-electron chi connectivity index (χ4n) is 3.80. The van der Waals surface area contributed by atoms with Crippen LogP contribution in [-0.2, 0) is 23.6 Å². The molecule has 2 N–H and O–H groups in total. The van der Waals surface area contributed by atoms with Gasteiger partial charge in [0.1, 0.15) is 11.6 Å². The van der Waals surface area contributed by atoms with Gasteiger partial charge in [-0.3, -0.25) is 9.59 Å². The first kappa shape index (κ1) is 34.5. The smallest absolute Gasteiger partial charge is 0.341 e. The number of anilines is 4. The number of hydrogen-bond acceptors (Lipinski definition) is 8. The number of nitrogens with zero attached hydrogens (tertiary/aromatic N) is 2. The van der Waals surface area contributed by atoms with Crippen LogP contribution in [0.1, 0.15) is 40.1 Å². The quantitative estimate of drug-likeness (QED) is 0.139. The number of ether oxygens (including phenoxy) is 2. The van der Waals surface area contributed by atoms with Gasteiger partial charge in [-0.15, -0.1) is 6.42 Å². The number of carbonyl (C=O) groups is 2. The van der Waals surface area contributed by atoms with E-state index in [1.807, 2.05) is 22.6 Å². The van der Waals surface area contributed by atoms with Crippen LogP contribution in [0.5, 0.6) is 0 Å². The summed E-state index contributed by atoms with van der Waals surface area (Å²) in [6.07, 6.45) is 7.92. The molecule has 0 saturated carbocycles. The van der Waals surface area contributed by atoms with Gasteiger partial charge in [-0.25, -0.2) is 18.4 Å². The number of nitrogens with one attached hydrogen (secondary N) is 2. The summed E-state index contributed by atoms with van der Waals surface area (Å²) in [5.41, 5.74) is 0.684. The predicted molar refractivity (Wildman–Crippen MR) is 175 cm³/mol. The van der Waals surface area contributed by atoms with E-state index in [0.717, 1.165) is 3.57 Å². The van der Waals surface area contributed by atoms with Gasteiger partial charge in [-0.05, 0) is 72.8 Å². The molecule has 0 radical (unpaired) electrons. The van der Waals surface area contributed by atoms with Crippen LogP contribution in [0.2, 0.25) is 0 Å². The van der Waals surface area contributed by atoms with Gasteiger partial charge in [0, 0.05) is 47.8 Å². The van der Waals surface area contributed by atoms with Crippen LogP contribution in [0.3, 0.4) is 0 Å². The lowest BCUT2D eigenvalue weighted by atomic mass is 10.1. The van der Waals surface area contributed by atoms with E-state index in [0.29, 0.717) is 5.56 Å². The third-order valence-corrected chi connectivity index (χ3v) is 6.72. The van der Waals surface area contributed by atoms with Crippen molar-refractivity contribution >= 4 is 57.3 Å². The molecule has 0 aliphatic carbocycles. The second kappa shape index (κ2) is 15.7. The Morgan fingerprint density at radius 2 is 1.22 bits per heavy atom. The fourth-order valence-corrected chi connectivity index (χ4v) is 4.25. The molecule has 0 spiro atoms. The maximum absolute atomic E-state index is 14.0. The Hall–Kier alpha value is -4.97. The predicted octanol–water partition coefficient (Wildman–Crippen LogP) is 5.48. The molecule has 0 fully saturated rings. The van der Waals surface area contributed by atoms with Crippen molar-refractivity contribution in [3.05, 3.63) is 114 Å². The van der Waals surface area contributed by atoms with Crippen molar-refractivity contribution in [1.29, 1.82) is 0 Å². The van der Waals surface area contributed by atoms with Gasteiger partial charge in [0.05, 0.1) is 47.1 Å². The summed E-state index contributed by atoms with van der Waals surface area (Å²) in [4.78, 5) is 47.6. The standard InChI is InChI=1S/C17H15FN2O3.C15H14FIN2O3/c1-4-11-6-7-14(13(18)8-11)19-15-9-16(21)20(3)10-12(15)17(22)23-5-2;1-3-22-15(21)10-8-19(2)14(20)7-13(10)18-12-5-4-9(17)6-11(12)16/h1,6-10,19H,5H2,2-3H3;4-8,18H,3H2,1-2H3. The lowest BCUT2D eigenvalue weighted by molar-refractivity contribution is 0.0517. The molecule has 0 bridgehead atoms. The summed E-state index contributed by atoms with van der Waals surface area (Å²) < 4.78 is 41.1. The number of pyridine rings is 2. The summed E-state index contributed by atoms with van der Waals surface area (Å²) in [6, 6.07) is 11.2. The Morgan fingerprint density at radius 3 is 1.62 bits per heavy atom. The number of halogens is 3. The zero-order chi connectivity index (χ0) is 33.3. The van der Waals surface area contributed by atoms with Crippen LogP contribution in [-0.4, -0.2) is 34.3 Å². The molecule has 0 atom stereocenters. The molecule has 10 nitrogen and oxygen atoms in total. The van der Waals surface area contributed by atoms with E-state index >= 15 is 0 Å². The fraction of sp³-hybridized carbons (Fsp3) is 0.188. The summed E-state index contributed by atoms with van der Waals surface area (Å²) in [5, 5.41) is 5.52. The Labute approximate surface area is 271 Å². The molecule has 4 rings (SSSR count). The summed E-state index contributed by atoms with van der Waals surface area (Å²) in [5.74, 6) is 0.0868. The molecular formula is C32H29F2IN4O6. The molecule has 2 aromatic heterocycles. The minimum atomic E-state index is -0.605. The van der Waals surface area contributed by atoms with Crippen LogP contribution in [0.4, 0.5) is 31.5 Å². The van der Waals surface area contributed by atoms with Gasteiger partial charge in [0.25, 0.3) is 11.1 Å². The van der Waals surface area contributed by atoms with E-state index in [9.17, 15) is 28.0 Å². The van der Waals surface area contributed by atoms with Crippen molar-refractivity contribution in [2.45, 2.75) is 13.8 Å². The first-order valence-electron chi connectivity index (χ1n) is 13.4. The van der Waals surface area contributed by atoms with E-state index in [1.165, 1.54) is 66.0 Å². The number of aromatic nitrogens is 2. The summed E-state index contributed by atoms with van der Waals surface area (Å²) in [6.45, 7) is 3.75. The van der Waals surface area contributed by atoms with E-state index in [4.69, 9.17) is 15.9 Å². The maximum atomic E-state index is 14.0. The summed E-state index contributed by atoms with van der Waals surface area (Å²) >= 11 is 2.00. The second-order valence-corrected chi connectivity index (χ2v) is 10.5. The van der Waals surface area contributed by atoms with Gasteiger partial charge in [-0.1, -0.05) is 5.92 Å². The van der Waals surface area contributed by atoms with Crippen LogP contribution >= 0.6 is 22.6 Å². The molecular weight excluding hydrogens is 701 g/mol. The largest absolute Gasteiger partial charge is 0.462 e. The average molecular weight is 731 g/mol. The van der Waals surface area contributed by atoms with Crippen LogP contribution in [0.15, 0.2) is 70.5 Å². The molecule has 0 aliphatic heterocycles. The minimum Gasteiger partial charge on any atom is -0.462 e. The highest BCUT2D eigenvalue weighted by atomic mass is 127. The minimum absolute atomic E-state index is 0.0998. The van der Waals surface area contributed by atoms with Crippen molar-refractivity contribution in [3.8, 4) is 12.3 Å². The molecule has 2 aromatic carbocycles. The topological polar surface area (TPSA) is 121 Å². The number of rotatable bonds is 8. The molecule has 2 heterocycles. The zero-order valence-corrected chi connectivity index (χ0v) is 26.9. The van der Waals surface area contributed by atoms with Crippen LogP contribution < -0.4 is 21.8 Å². The number of benzene rings is 2. The van der Waals surface area contributed by atoms with Crippen LogP contribution in [0.25, 0.3) is 0 Å². The number of hydrogen-bond donors (Lipinski definition) is 2. The lowest BCUT2D eigenvalue weighted by Crippen LogP contribution is -2.20. The Bertz CT molecular complexity index is 1900. The Kier molecular flexibility index (Phi) is 12.0. The van der Waals surface area contributed by atoms with E-state index in [2.05, 4.69) is 16.6 Å². The second-order valence-electron chi connectivity index (χ2n) is 9.25. The van der Waals surface area contributed by atoms with Crippen molar-refractivity contribution in [2.75, 3.05) is 23.8 Å². The molecule has 13 heteroatoms. The number of carbonyl (C=O) groups excluding carboxylic acids is 2. The molecule has 0 aliphatic rings. The first-order chi connectivity index (χ1) is 21.4. The van der Waals surface area contributed by atoms with Crippen LogP contribution in [0, 0.1) is 27.5 Å². The van der Waals surface area contributed by atoms with Crippen molar-refractivity contribution in [3.63, 3.8) is 0 Å². The highest BCUT2D eigenvalue weighted by Crippen LogP contribution is 2.25. The van der Waals surface area contributed by atoms with Crippen molar-refractivity contribution < 1.29 is 27.8 Å². The van der Waals surface area contributed by atoms with Gasteiger partial charge in [0.2, 0.25) is 0 Å². The van der Waals surface area contributed by atoms with E-state index < -0.39 is 23.6 Å². The van der Waals surface area contributed by atoms with E-state index in [1.54, 1.807) is 32.0 Å². The summed E-state index contributed by atoms with van der Waals surface area (Å²) in [7, 11) is 3.04. The molecule has 0 amide bonds. The Balaban J connectivity index is 0.000000246. The third-order valence-electron chi connectivity index (χ3n) is 6.05. The molecule has 4 aromatic rings. The normalized spacial score (nSPS) is 10.2. The lowest BCUT2D eigenvalue weighted by Gasteiger charge is -2.13. The van der Waals surface area contributed by atoms with E-state index in [-0.39, 0.29) is 58.2 Å². The van der Waals surface area contributed by atoms with Gasteiger partial charge in [0.15, 0.2) is 0 Å². The monoisotopic (exact) mass is 730 g/mol. The third kappa shape index (κ3) is 9.02. The van der Waals surface area contributed by atoms with Gasteiger partial charge in [-0.2, -0.15) is 0 Å². The highest BCUT2D eigenvalue weighted by Gasteiger charge is 2.17. The Morgan fingerprint density at radius 1 is 0.778 bits per heavy atom. The molecule has 45 heavy (non-hydrogen) atoms. The molecule has 234 valence electrons. The molecule has 0 unspecified atom stereocenters. The first-order valence-corrected chi connectivity index (χ1v) is 14.5. The van der Waals surface area contributed by atoms with Gasteiger partial charge < -0.3 is 29.2 Å². The number of esters is 2. The maximum Gasteiger partial charge on any atom is 0.341 e. The number of aryl methyl sites for hydroxylation is 2.